The molecule has 1 atom stereocenters. The first-order chi connectivity index (χ1) is 17.2. The Morgan fingerprint density at radius 2 is 1.43 bits per heavy atom. The van der Waals surface area contributed by atoms with Gasteiger partial charge in [0.1, 0.15) is 0 Å². The summed E-state index contributed by atoms with van der Waals surface area (Å²) in [6.07, 6.45) is 0.161. The summed E-state index contributed by atoms with van der Waals surface area (Å²) in [6.45, 7) is -0.0268. The first-order valence-electron chi connectivity index (χ1n) is 11.4. The van der Waals surface area contributed by atoms with Crippen LogP contribution >= 0.6 is 23.2 Å². The van der Waals surface area contributed by atoms with Crippen molar-refractivity contribution in [2.75, 3.05) is 0 Å². The van der Waals surface area contributed by atoms with Crippen LogP contribution in [0.2, 0.25) is 24.9 Å². The van der Waals surface area contributed by atoms with E-state index < -0.39 is 46.3 Å². The molecule has 0 aliphatic heterocycles. The first-order valence-corrected chi connectivity index (χ1v) is 23.7. The molecule has 1 amide bonds. The molecule has 11 heteroatoms. The van der Waals surface area contributed by atoms with Crippen LogP contribution in [0.15, 0.2) is 71.6 Å². The summed E-state index contributed by atoms with van der Waals surface area (Å²) in [4.78, 5) is 31.4. The predicted octanol–water partition coefficient (Wildman–Crippen LogP) is 4.44. The summed E-state index contributed by atoms with van der Waals surface area (Å²) in [6, 6.07) is 17.1. The Kier molecular flexibility index (Phi) is 9.68. The minimum atomic E-state index is -3.86. The summed E-state index contributed by atoms with van der Waals surface area (Å²) in [5.41, 5.74) is 1.69. The van der Waals surface area contributed by atoms with Crippen LogP contribution in [0.1, 0.15) is 21.5 Å². The molecule has 0 aliphatic rings. The van der Waals surface area contributed by atoms with E-state index in [4.69, 9.17) is 23.2 Å². The zero-order valence-electron chi connectivity index (χ0n) is 20.6. The average molecular weight is 670 g/mol. The second-order valence-corrected chi connectivity index (χ2v) is 26.8. The van der Waals surface area contributed by atoms with Crippen LogP contribution in [0.25, 0.3) is 0 Å². The van der Waals surface area contributed by atoms with Crippen LogP contribution in [0, 0.1) is 0 Å². The van der Waals surface area contributed by atoms with Gasteiger partial charge in [-0.05, 0) is 18.2 Å². The number of hydrogen-bond donors (Lipinski definition) is 3. The topological polar surface area (TPSA) is 113 Å². The van der Waals surface area contributed by atoms with Crippen molar-refractivity contribution in [3.8, 4) is 0 Å². The molecule has 0 aliphatic carbocycles. The Balaban J connectivity index is 1.62. The number of carbonyl (C=O) groups excluding carboxylic acids is 1. The van der Waals surface area contributed by atoms with Gasteiger partial charge in [0.05, 0.1) is 4.90 Å². The van der Waals surface area contributed by atoms with Gasteiger partial charge in [-0.15, -0.1) is 0 Å². The molecular formula is C26H28Cl2N2O5SSn. The Hall–Kier alpha value is -2.11. The average Bonchev–Trinajstić information content (AvgIpc) is 2.82. The van der Waals surface area contributed by atoms with Gasteiger partial charge < -0.3 is 0 Å². The van der Waals surface area contributed by atoms with Gasteiger partial charge in [0.25, 0.3) is 0 Å². The van der Waals surface area contributed by atoms with Crippen molar-refractivity contribution >= 4 is 67.1 Å². The molecule has 0 saturated heterocycles. The van der Waals surface area contributed by atoms with Gasteiger partial charge in [-0.2, -0.15) is 0 Å². The molecule has 0 aromatic heterocycles. The minimum absolute atomic E-state index is 0.0268. The number of halogens is 2. The van der Waals surface area contributed by atoms with Crippen molar-refractivity contribution in [2.45, 2.75) is 38.7 Å². The van der Waals surface area contributed by atoms with Crippen molar-refractivity contribution in [1.82, 2.24) is 10.0 Å². The number of rotatable bonds is 10. The Morgan fingerprint density at radius 3 is 1.95 bits per heavy atom. The molecule has 3 rings (SSSR count). The summed E-state index contributed by atoms with van der Waals surface area (Å²) in [5, 5.41) is 12.6. The zero-order chi connectivity index (χ0) is 27.4. The fraction of sp³-hybridized carbons (Fsp3) is 0.231. The van der Waals surface area contributed by atoms with Crippen molar-refractivity contribution in [1.29, 1.82) is 0 Å². The number of carboxylic acid groups (broad SMARTS) is 1. The van der Waals surface area contributed by atoms with E-state index in [1.807, 2.05) is 12.1 Å². The van der Waals surface area contributed by atoms with Gasteiger partial charge in [-0.3, -0.25) is 0 Å². The number of carbonyl (C=O) groups is 2. The fourth-order valence-corrected chi connectivity index (χ4v) is 8.61. The van der Waals surface area contributed by atoms with E-state index in [1.165, 1.54) is 33.9 Å². The first kappa shape index (κ1) is 29.4. The second kappa shape index (κ2) is 12.2. The quantitative estimate of drug-likeness (QED) is 0.277. The van der Waals surface area contributed by atoms with Crippen LogP contribution in [0.3, 0.4) is 0 Å². The van der Waals surface area contributed by atoms with Gasteiger partial charge in [0.2, 0.25) is 10.0 Å². The van der Waals surface area contributed by atoms with Crippen molar-refractivity contribution < 1.29 is 23.1 Å². The van der Waals surface area contributed by atoms with Gasteiger partial charge in [-0.1, -0.05) is 23.2 Å². The van der Waals surface area contributed by atoms with E-state index in [2.05, 4.69) is 37.0 Å². The van der Waals surface area contributed by atoms with E-state index in [0.717, 1.165) is 5.56 Å². The van der Waals surface area contributed by atoms with E-state index in [9.17, 15) is 23.1 Å². The third-order valence-electron chi connectivity index (χ3n) is 5.69. The SMILES string of the molecule is [CH3][Sn]([CH3])([CH3])[c]1ccc(C[C@H](NC(=O)c2ccc(CNS(=O)(=O)c3cc(Cl)cc(Cl)c3)cc2)C(=O)O)cc1. The van der Waals surface area contributed by atoms with Crippen LogP contribution in [0.5, 0.6) is 0 Å². The molecule has 37 heavy (non-hydrogen) atoms. The maximum atomic E-state index is 12.7. The maximum absolute atomic E-state index is 12.7. The molecular weight excluding hydrogens is 642 g/mol. The van der Waals surface area contributed by atoms with E-state index >= 15 is 0 Å². The molecule has 0 unspecified atom stereocenters. The molecule has 0 saturated carbocycles. The fourth-order valence-electron chi connectivity index (χ4n) is 3.54. The number of hydrogen-bond acceptors (Lipinski definition) is 4. The van der Waals surface area contributed by atoms with Crippen LogP contribution < -0.4 is 13.6 Å². The number of carboxylic acids is 1. The molecule has 7 nitrogen and oxygen atoms in total. The standard InChI is InChI=1S/C23H19Cl2N2O5S.3CH3.Sn/c24-18-11-19(25)13-20(12-18)33(31,32)26-14-16-6-8-17(9-7-16)22(28)27-21(23(29)30)10-15-4-2-1-3-5-15;;;;/h2-9,11-13,21,26H,10,14H2,(H,27,28)(H,29,30);3*1H3;/t21-;;;;/m0..../s1. The monoisotopic (exact) mass is 670 g/mol. The van der Waals surface area contributed by atoms with Crippen molar-refractivity contribution in [2.24, 2.45) is 0 Å². The molecule has 3 aromatic rings. The number of aliphatic carboxylic acids is 1. The van der Waals surface area contributed by atoms with E-state index in [0.29, 0.717) is 5.56 Å². The molecule has 3 N–H and O–H groups in total. The summed E-state index contributed by atoms with van der Waals surface area (Å²) in [7, 11) is -3.86. The van der Waals surface area contributed by atoms with Crippen molar-refractivity contribution in [3.05, 3.63) is 93.5 Å². The number of nitrogens with one attached hydrogen (secondary N) is 2. The third kappa shape index (κ3) is 8.44. The van der Waals surface area contributed by atoms with Gasteiger partial charge in [0.15, 0.2) is 0 Å². The van der Waals surface area contributed by atoms with Gasteiger partial charge >= 0.3 is 146 Å². The number of sulfonamides is 1. The van der Waals surface area contributed by atoms with Gasteiger partial charge in [-0.25, -0.2) is 13.1 Å². The molecule has 3 aromatic carbocycles. The molecule has 0 heterocycles. The van der Waals surface area contributed by atoms with Crippen molar-refractivity contribution in [3.63, 3.8) is 0 Å². The zero-order valence-corrected chi connectivity index (χ0v) is 25.8. The summed E-state index contributed by atoms with van der Waals surface area (Å²) >= 11 is 9.58. The molecule has 196 valence electrons. The van der Waals surface area contributed by atoms with E-state index in [-0.39, 0.29) is 33.5 Å². The molecule has 0 spiro atoms. The summed E-state index contributed by atoms with van der Waals surface area (Å²) in [5.74, 6) is -1.66. The number of benzene rings is 3. The Bertz CT molecular complexity index is 1370. The third-order valence-corrected chi connectivity index (χ3v) is 13.4. The van der Waals surface area contributed by atoms with Crippen LogP contribution in [-0.4, -0.2) is 49.8 Å². The molecule has 0 radical (unpaired) electrons. The van der Waals surface area contributed by atoms with Gasteiger partial charge in [0, 0.05) is 16.6 Å². The Labute approximate surface area is 231 Å². The van der Waals surface area contributed by atoms with Crippen LogP contribution in [0.4, 0.5) is 0 Å². The second-order valence-electron chi connectivity index (χ2n) is 9.64. The summed E-state index contributed by atoms with van der Waals surface area (Å²) < 4.78 is 28.9. The Morgan fingerprint density at radius 1 is 0.892 bits per heavy atom. The predicted molar refractivity (Wildman–Crippen MR) is 149 cm³/mol. The molecule has 0 bridgehead atoms. The molecule has 0 fully saturated rings. The van der Waals surface area contributed by atoms with Crippen LogP contribution in [-0.2, 0) is 27.8 Å². The number of amides is 1. The normalized spacial score (nSPS) is 12.7. The van der Waals surface area contributed by atoms with E-state index in [1.54, 1.807) is 12.1 Å².